The standard InChI is InChI=1S/C15H24N2O3/c1-15(2,3)20-14(18)7-10(9-16)12-8-11(17)5-6-13(12)19-4/h5-6,8,10H,7,9,16-17H2,1-4H3. The number of nitrogen functional groups attached to an aromatic ring is 1. The average Bonchev–Trinajstić information content (AvgIpc) is 2.33. The first-order chi connectivity index (χ1) is 9.26. The second-order valence-electron chi connectivity index (χ2n) is 5.72. The molecule has 0 bridgehead atoms. The maximum absolute atomic E-state index is 11.9. The fourth-order valence-corrected chi connectivity index (χ4v) is 1.98. The molecule has 0 saturated heterocycles. The molecule has 1 aromatic carbocycles. The van der Waals surface area contributed by atoms with Gasteiger partial charge in [-0.05, 0) is 45.5 Å². The predicted molar refractivity (Wildman–Crippen MR) is 79.7 cm³/mol. The van der Waals surface area contributed by atoms with Gasteiger partial charge < -0.3 is 20.9 Å². The van der Waals surface area contributed by atoms with Crippen molar-refractivity contribution in [2.75, 3.05) is 19.4 Å². The molecule has 20 heavy (non-hydrogen) atoms. The molecule has 1 atom stereocenters. The predicted octanol–water partition coefficient (Wildman–Crippen LogP) is 2.05. The number of methoxy groups -OCH3 is 1. The summed E-state index contributed by atoms with van der Waals surface area (Å²) >= 11 is 0. The van der Waals surface area contributed by atoms with Crippen molar-refractivity contribution in [1.82, 2.24) is 0 Å². The monoisotopic (exact) mass is 280 g/mol. The van der Waals surface area contributed by atoms with Crippen LogP contribution in [-0.2, 0) is 9.53 Å². The van der Waals surface area contributed by atoms with Gasteiger partial charge in [0.15, 0.2) is 0 Å². The van der Waals surface area contributed by atoms with E-state index in [1.807, 2.05) is 20.8 Å². The van der Waals surface area contributed by atoms with E-state index in [0.29, 0.717) is 18.0 Å². The number of anilines is 1. The lowest BCUT2D eigenvalue weighted by Crippen LogP contribution is -2.26. The van der Waals surface area contributed by atoms with Crippen molar-refractivity contribution in [3.63, 3.8) is 0 Å². The third kappa shape index (κ3) is 4.74. The Labute approximate surface area is 120 Å². The molecule has 0 saturated carbocycles. The molecule has 0 aromatic heterocycles. The average molecular weight is 280 g/mol. The van der Waals surface area contributed by atoms with Crippen LogP contribution < -0.4 is 16.2 Å². The molecular formula is C15H24N2O3. The van der Waals surface area contributed by atoms with Crippen LogP contribution in [0.1, 0.15) is 38.7 Å². The van der Waals surface area contributed by atoms with E-state index < -0.39 is 5.60 Å². The van der Waals surface area contributed by atoms with Gasteiger partial charge in [-0.3, -0.25) is 4.79 Å². The highest BCUT2D eigenvalue weighted by molar-refractivity contribution is 5.71. The minimum absolute atomic E-state index is 0.178. The van der Waals surface area contributed by atoms with E-state index in [1.54, 1.807) is 25.3 Å². The highest BCUT2D eigenvalue weighted by atomic mass is 16.6. The normalized spacial score (nSPS) is 12.8. The van der Waals surface area contributed by atoms with Crippen LogP contribution >= 0.6 is 0 Å². The van der Waals surface area contributed by atoms with Gasteiger partial charge in [0, 0.05) is 17.2 Å². The molecule has 5 nitrogen and oxygen atoms in total. The van der Waals surface area contributed by atoms with E-state index >= 15 is 0 Å². The van der Waals surface area contributed by atoms with Gasteiger partial charge >= 0.3 is 5.97 Å². The lowest BCUT2D eigenvalue weighted by Gasteiger charge is -2.23. The van der Waals surface area contributed by atoms with Crippen LogP contribution in [0.2, 0.25) is 0 Å². The minimum Gasteiger partial charge on any atom is -0.496 e. The number of rotatable bonds is 5. The van der Waals surface area contributed by atoms with Crippen LogP contribution in [-0.4, -0.2) is 25.2 Å². The van der Waals surface area contributed by atoms with Crippen LogP contribution in [0, 0.1) is 0 Å². The highest BCUT2D eigenvalue weighted by Crippen LogP contribution is 2.31. The van der Waals surface area contributed by atoms with Gasteiger partial charge in [0.1, 0.15) is 11.4 Å². The maximum atomic E-state index is 11.9. The summed E-state index contributed by atoms with van der Waals surface area (Å²) in [5, 5.41) is 0. The first kappa shape index (κ1) is 16.3. The van der Waals surface area contributed by atoms with Gasteiger partial charge in [0.05, 0.1) is 13.5 Å². The topological polar surface area (TPSA) is 87.6 Å². The van der Waals surface area contributed by atoms with Gasteiger partial charge in [-0.25, -0.2) is 0 Å². The van der Waals surface area contributed by atoms with Crippen LogP contribution in [0.5, 0.6) is 5.75 Å². The molecule has 0 spiro atoms. The van der Waals surface area contributed by atoms with Gasteiger partial charge in [-0.15, -0.1) is 0 Å². The van der Waals surface area contributed by atoms with Crippen molar-refractivity contribution < 1.29 is 14.3 Å². The van der Waals surface area contributed by atoms with E-state index in [-0.39, 0.29) is 18.3 Å². The Bertz CT molecular complexity index is 467. The van der Waals surface area contributed by atoms with Crippen LogP contribution in [0.3, 0.4) is 0 Å². The number of carbonyl (C=O) groups excluding carboxylic acids is 1. The number of hydrogen-bond donors (Lipinski definition) is 2. The smallest absolute Gasteiger partial charge is 0.306 e. The summed E-state index contributed by atoms with van der Waals surface area (Å²) in [5.41, 5.74) is 12.5. The van der Waals surface area contributed by atoms with E-state index in [1.165, 1.54) is 0 Å². The Balaban J connectivity index is 2.91. The van der Waals surface area contributed by atoms with Crippen LogP contribution in [0.25, 0.3) is 0 Å². The number of carbonyl (C=O) groups is 1. The Kier molecular flexibility index (Phi) is 5.39. The third-order valence-electron chi connectivity index (χ3n) is 2.81. The zero-order valence-electron chi connectivity index (χ0n) is 12.6. The summed E-state index contributed by atoms with van der Waals surface area (Å²) < 4.78 is 10.6. The number of hydrogen-bond acceptors (Lipinski definition) is 5. The minimum atomic E-state index is -0.504. The fourth-order valence-electron chi connectivity index (χ4n) is 1.98. The van der Waals surface area contributed by atoms with Crippen molar-refractivity contribution in [1.29, 1.82) is 0 Å². The molecule has 4 N–H and O–H groups in total. The number of nitrogens with two attached hydrogens (primary N) is 2. The summed E-state index contributed by atoms with van der Waals surface area (Å²) in [4.78, 5) is 11.9. The number of esters is 1. The maximum Gasteiger partial charge on any atom is 0.306 e. The van der Waals surface area contributed by atoms with Crippen molar-refractivity contribution >= 4 is 11.7 Å². The second-order valence-corrected chi connectivity index (χ2v) is 5.72. The Morgan fingerprint density at radius 2 is 2.00 bits per heavy atom. The largest absolute Gasteiger partial charge is 0.496 e. The zero-order chi connectivity index (χ0) is 15.3. The van der Waals surface area contributed by atoms with Gasteiger partial charge in [-0.1, -0.05) is 0 Å². The van der Waals surface area contributed by atoms with Crippen molar-refractivity contribution in [3.8, 4) is 5.75 Å². The highest BCUT2D eigenvalue weighted by Gasteiger charge is 2.23. The molecule has 0 aliphatic heterocycles. The summed E-state index contributed by atoms with van der Waals surface area (Å²) in [6.07, 6.45) is 0.202. The van der Waals surface area contributed by atoms with Gasteiger partial charge in [0.2, 0.25) is 0 Å². The molecule has 1 aromatic rings. The first-order valence-electron chi connectivity index (χ1n) is 6.62. The van der Waals surface area contributed by atoms with E-state index in [0.717, 1.165) is 5.56 Å². The third-order valence-corrected chi connectivity index (χ3v) is 2.81. The molecule has 0 heterocycles. The molecule has 1 unspecified atom stereocenters. The van der Waals surface area contributed by atoms with Crippen molar-refractivity contribution in [2.45, 2.75) is 38.7 Å². The Morgan fingerprint density at radius 3 is 2.50 bits per heavy atom. The number of benzene rings is 1. The molecule has 112 valence electrons. The molecule has 0 aliphatic rings. The summed E-state index contributed by atoms with van der Waals surface area (Å²) in [5.74, 6) is 0.221. The summed E-state index contributed by atoms with van der Waals surface area (Å²) in [7, 11) is 1.58. The lowest BCUT2D eigenvalue weighted by atomic mass is 9.94. The summed E-state index contributed by atoms with van der Waals surface area (Å²) in [6, 6.07) is 5.33. The SMILES string of the molecule is COc1ccc(N)cc1C(CN)CC(=O)OC(C)(C)C. The van der Waals surface area contributed by atoms with E-state index in [2.05, 4.69) is 0 Å². The lowest BCUT2D eigenvalue weighted by molar-refractivity contribution is -0.155. The molecular weight excluding hydrogens is 256 g/mol. The first-order valence-corrected chi connectivity index (χ1v) is 6.62. The Morgan fingerprint density at radius 1 is 1.35 bits per heavy atom. The van der Waals surface area contributed by atoms with Crippen molar-refractivity contribution in [3.05, 3.63) is 23.8 Å². The second kappa shape index (κ2) is 6.61. The molecule has 0 radical (unpaired) electrons. The quantitative estimate of drug-likeness (QED) is 0.636. The summed E-state index contributed by atoms with van der Waals surface area (Å²) in [6.45, 7) is 5.83. The number of ether oxygens (including phenoxy) is 2. The molecule has 0 amide bonds. The van der Waals surface area contributed by atoms with Gasteiger partial charge in [-0.2, -0.15) is 0 Å². The van der Waals surface area contributed by atoms with Gasteiger partial charge in [0.25, 0.3) is 0 Å². The van der Waals surface area contributed by atoms with Crippen molar-refractivity contribution in [2.24, 2.45) is 5.73 Å². The molecule has 5 heteroatoms. The Hall–Kier alpha value is -1.75. The van der Waals surface area contributed by atoms with Crippen LogP contribution in [0.4, 0.5) is 5.69 Å². The van der Waals surface area contributed by atoms with E-state index in [9.17, 15) is 4.79 Å². The zero-order valence-corrected chi connectivity index (χ0v) is 12.6. The molecule has 1 rings (SSSR count). The molecule has 0 aliphatic carbocycles. The fraction of sp³-hybridized carbons (Fsp3) is 0.533. The van der Waals surface area contributed by atoms with E-state index in [4.69, 9.17) is 20.9 Å². The molecule has 0 fully saturated rings. The van der Waals surface area contributed by atoms with Crippen LogP contribution in [0.15, 0.2) is 18.2 Å².